The molecule has 6 heteroatoms. The van der Waals surface area contributed by atoms with Gasteiger partial charge in [0.05, 0.1) is 13.7 Å². The summed E-state index contributed by atoms with van der Waals surface area (Å²) in [5.41, 5.74) is 3.72. The van der Waals surface area contributed by atoms with Gasteiger partial charge in [0.15, 0.2) is 5.11 Å². The van der Waals surface area contributed by atoms with Gasteiger partial charge in [0.1, 0.15) is 5.75 Å². The fourth-order valence-corrected chi connectivity index (χ4v) is 3.56. The lowest BCUT2D eigenvalue weighted by molar-refractivity contribution is 0.395. The van der Waals surface area contributed by atoms with Crippen LogP contribution in [0.25, 0.3) is 10.9 Å². The number of rotatable bonds is 8. The van der Waals surface area contributed by atoms with Gasteiger partial charge in [-0.15, -0.1) is 0 Å². The summed E-state index contributed by atoms with van der Waals surface area (Å²) < 4.78 is 5.25. The van der Waals surface area contributed by atoms with Crippen molar-refractivity contribution in [2.24, 2.45) is 0 Å². The third-order valence-electron chi connectivity index (χ3n) is 5.06. The van der Waals surface area contributed by atoms with Crippen molar-refractivity contribution in [3.8, 4) is 5.75 Å². The minimum Gasteiger partial charge on any atom is -0.497 e. The van der Waals surface area contributed by atoms with Crippen LogP contribution in [0.2, 0.25) is 0 Å². The van der Waals surface area contributed by atoms with Crippen molar-refractivity contribution >= 4 is 28.2 Å². The first-order chi connectivity index (χ1) is 14.5. The maximum absolute atomic E-state index is 12.7. The van der Waals surface area contributed by atoms with Crippen LogP contribution >= 0.6 is 12.2 Å². The van der Waals surface area contributed by atoms with Gasteiger partial charge in [0, 0.05) is 24.2 Å². The molecule has 0 bridgehead atoms. The minimum atomic E-state index is -0.0811. The lowest BCUT2D eigenvalue weighted by Crippen LogP contribution is -2.40. The normalized spacial score (nSPS) is 10.8. The van der Waals surface area contributed by atoms with Crippen LogP contribution in [0.5, 0.6) is 5.75 Å². The summed E-state index contributed by atoms with van der Waals surface area (Å²) in [6, 6.07) is 15.9. The van der Waals surface area contributed by atoms with Crippen LogP contribution in [-0.2, 0) is 13.1 Å². The van der Waals surface area contributed by atoms with Gasteiger partial charge >= 0.3 is 0 Å². The van der Waals surface area contributed by atoms with Crippen LogP contribution in [0.15, 0.2) is 53.3 Å². The molecule has 30 heavy (non-hydrogen) atoms. The van der Waals surface area contributed by atoms with Crippen molar-refractivity contribution in [2.45, 2.75) is 39.8 Å². The lowest BCUT2D eigenvalue weighted by Gasteiger charge is -2.26. The molecule has 0 aliphatic heterocycles. The number of aryl methyl sites for hydroxylation is 1. The number of nitrogens with one attached hydrogen (secondary N) is 2. The molecule has 0 aliphatic rings. The standard InChI is InChI=1S/C24H29N3O2S/c1-4-5-12-25-24(30)27(15-18-7-9-21(29-3)10-8-18)16-20-14-19-13-17(2)6-11-22(19)26-23(20)28/h6-11,13-14H,4-5,12,15-16H2,1-3H3,(H,25,30)(H,26,28). The van der Waals surface area contributed by atoms with Crippen LogP contribution in [0.3, 0.4) is 0 Å². The first kappa shape index (κ1) is 21.8. The molecular weight excluding hydrogens is 394 g/mol. The molecule has 3 aromatic rings. The minimum absolute atomic E-state index is 0.0811. The van der Waals surface area contributed by atoms with Gasteiger partial charge in [-0.25, -0.2) is 0 Å². The molecule has 0 saturated heterocycles. The molecule has 5 nitrogen and oxygen atoms in total. The summed E-state index contributed by atoms with van der Waals surface area (Å²) in [4.78, 5) is 17.7. The molecule has 158 valence electrons. The maximum atomic E-state index is 12.7. The lowest BCUT2D eigenvalue weighted by atomic mass is 10.1. The van der Waals surface area contributed by atoms with E-state index in [1.807, 2.05) is 54.3 Å². The van der Waals surface area contributed by atoms with Crippen LogP contribution < -0.4 is 15.6 Å². The van der Waals surface area contributed by atoms with Gasteiger partial charge < -0.3 is 19.9 Å². The second-order valence-electron chi connectivity index (χ2n) is 7.50. The molecule has 0 saturated carbocycles. The molecule has 0 fully saturated rings. The second-order valence-corrected chi connectivity index (χ2v) is 7.89. The average molecular weight is 424 g/mol. The zero-order valence-electron chi connectivity index (χ0n) is 17.8. The predicted octanol–water partition coefficient (Wildman–Crippen LogP) is 4.52. The third-order valence-corrected chi connectivity index (χ3v) is 5.47. The Hall–Kier alpha value is -2.86. The zero-order valence-corrected chi connectivity index (χ0v) is 18.6. The number of ether oxygens (including phenoxy) is 1. The first-order valence-electron chi connectivity index (χ1n) is 10.3. The molecule has 0 atom stereocenters. The predicted molar refractivity (Wildman–Crippen MR) is 127 cm³/mol. The topological polar surface area (TPSA) is 57.4 Å². The summed E-state index contributed by atoms with van der Waals surface area (Å²) in [5.74, 6) is 0.815. The van der Waals surface area contributed by atoms with Crippen molar-refractivity contribution in [1.29, 1.82) is 0 Å². The Bertz CT molecular complexity index is 1060. The van der Waals surface area contributed by atoms with E-state index in [-0.39, 0.29) is 5.56 Å². The first-order valence-corrected chi connectivity index (χ1v) is 10.7. The molecule has 0 aliphatic carbocycles. The Morgan fingerprint density at radius 3 is 2.60 bits per heavy atom. The van der Waals surface area contributed by atoms with Gasteiger partial charge in [-0.2, -0.15) is 0 Å². The van der Waals surface area contributed by atoms with Gasteiger partial charge in [0.2, 0.25) is 0 Å². The number of H-pyrrole nitrogens is 1. The van der Waals surface area contributed by atoms with Gasteiger partial charge in [-0.1, -0.05) is 37.1 Å². The Morgan fingerprint density at radius 2 is 1.90 bits per heavy atom. The monoisotopic (exact) mass is 423 g/mol. The van der Waals surface area contributed by atoms with E-state index in [1.54, 1.807) is 7.11 Å². The molecule has 0 unspecified atom stereocenters. The molecule has 0 spiro atoms. The van der Waals surface area contributed by atoms with Gasteiger partial charge in [-0.3, -0.25) is 4.79 Å². The molecule has 0 amide bonds. The number of unbranched alkanes of at least 4 members (excludes halogenated alkanes) is 1. The Labute approximate surface area is 183 Å². The molecule has 0 radical (unpaired) electrons. The smallest absolute Gasteiger partial charge is 0.253 e. The molecule has 1 aromatic heterocycles. The number of aromatic nitrogens is 1. The fourth-order valence-electron chi connectivity index (χ4n) is 3.33. The highest BCUT2D eigenvalue weighted by molar-refractivity contribution is 7.80. The highest BCUT2D eigenvalue weighted by atomic mass is 32.1. The van der Waals surface area contributed by atoms with Crippen molar-refractivity contribution < 1.29 is 4.74 Å². The molecule has 1 heterocycles. The van der Waals surface area contributed by atoms with Crippen molar-refractivity contribution in [1.82, 2.24) is 15.2 Å². The van der Waals surface area contributed by atoms with E-state index < -0.39 is 0 Å². The number of pyridine rings is 1. The number of hydrogen-bond donors (Lipinski definition) is 2. The summed E-state index contributed by atoms with van der Waals surface area (Å²) in [6.07, 6.45) is 2.14. The van der Waals surface area contributed by atoms with Crippen LogP contribution in [0, 0.1) is 6.92 Å². The van der Waals surface area contributed by atoms with E-state index in [9.17, 15) is 4.79 Å². The van der Waals surface area contributed by atoms with E-state index in [0.29, 0.717) is 23.8 Å². The van der Waals surface area contributed by atoms with E-state index in [4.69, 9.17) is 17.0 Å². The van der Waals surface area contributed by atoms with Gasteiger partial charge in [-0.05, 0) is 66.8 Å². The maximum Gasteiger partial charge on any atom is 0.253 e. The summed E-state index contributed by atoms with van der Waals surface area (Å²) in [6.45, 7) is 6.06. The Morgan fingerprint density at radius 1 is 1.13 bits per heavy atom. The van der Waals surface area contributed by atoms with Gasteiger partial charge in [0.25, 0.3) is 5.56 Å². The number of aromatic amines is 1. The highest BCUT2D eigenvalue weighted by Gasteiger charge is 2.14. The van der Waals surface area contributed by atoms with E-state index in [0.717, 1.165) is 47.2 Å². The molecule has 2 N–H and O–H groups in total. The molecule has 3 rings (SSSR count). The quantitative estimate of drug-likeness (QED) is 0.412. The number of thiocarbonyl (C=S) groups is 1. The average Bonchev–Trinajstić information content (AvgIpc) is 2.74. The summed E-state index contributed by atoms with van der Waals surface area (Å²) in [5, 5.41) is 5.02. The fraction of sp³-hybridized carbons (Fsp3) is 0.333. The molecular formula is C24H29N3O2S. The van der Waals surface area contributed by atoms with E-state index in [1.165, 1.54) is 0 Å². The number of nitrogens with zero attached hydrogens (tertiary/aromatic N) is 1. The molecule has 2 aromatic carbocycles. The highest BCUT2D eigenvalue weighted by Crippen LogP contribution is 2.17. The number of methoxy groups -OCH3 is 1. The van der Waals surface area contributed by atoms with Crippen LogP contribution in [0.4, 0.5) is 0 Å². The summed E-state index contributed by atoms with van der Waals surface area (Å²) >= 11 is 5.67. The van der Waals surface area contributed by atoms with E-state index >= 15 is 0 Å². The SMILES string of the molecule is CCCCNC(=S)N(Cc1ccc(OC)cc1)Cc1cc2cc(C)ccc2[nH]c1=O. The number of fused-ring (bicyclic) bond motifs is 1. The summed E-state index contributed by atoms with van der Waals surface area (Å²) in [7, 11) is 1.65. The van der Waals surface area contributed by atoms with Crippen molar-refractivity contribution in [2.75, 3.05) is 13.7 Å². The number of benzene rings is 2. The number of hydrogen-bond acceptors (Lipinski definition) is 3. The van der Waals surface area contributed by atoms with E-state index in [2.05, 4.69) is 23.3 Å². The van der Waals surface area contributed by atoms with Crippen molar-refractivity contribution in [3.05, 3.63) is 75.6 Å². The zero-order chi connectivity index (χ0) is 21.5. The Kier molecular flexibility index (Phi) is 7.46. The van der Waals surface area contributed by atoms with Crippen LogP contribution in [-0.4, -0.2) is 28.7 Å². The Balaban J connectivity index is 1.86. The largest absolute Gasteiger partial charge is 0.497 e. The third kappa shape index (κ3) is 5.60. The second kappa shape index (κ2) is 10.3. The van der Waals surface area contributed by atoms with Crippen molar-refractivity contribution in [3.63, 3.8) is 0 Å². The van der Waals surface area contributed by atoms with Crippen LogP contribution in [0.1, 0.15) is 36.5 Å².